The lowest BCUT2D eigenvalue weighted by atomic mass is 9.74. The van der Waals surface area contributed by atoms with Gasteiger partial charge < -0.3 is 46.5 Å². The summed E-state index contributed by atoms with van der Waals surface area (Å²) in [7, 11) is 6.95. The third-order valence-corrected chi connectivity index (χ3v) is 17.7. The molecule has 1 aromatic rings. The maximum absolute atomic E-state index is 6.95. The summed E-state index contributed by atoms with van der Waals surface area (Å²) in [6, 6.07) is 1.74. The van der Waals surface area contributed by atoms with Crippen LogP contribution in [0.15, 0.2) is 0 Å². The molecule has 6 N–H and O–H groups in total. The molecule has 0 spiro atoms. The van der Waals surface area contributed by atoms with Crippen LogP contribution in [0.3, 0.4) is 0 Å². The lowest BCUT2D eigenvalue weighted by Gasteiger charge is -2.56. The van der Waals surface area contributed by atoms with E-state index in [0.717, 1.165) is 95.5 Å². The van der Waals surface area contributed by atoms with E-state index in [1.165, 1.54) is 122 Å². The normalized spacial score (nSPS) is 23.4. The lowest BCUT2D eigenvalue weighted by Crippen LogP contribution is -2.63. The van der Waals surface area contributed by atoms with Gasteiger partial charge in [0.1, 0.15) is 0 Å². The van der Waals surface area contributed by atoms with E-state index in [0.29, 0.717) is 18.1 Å². The fourth-order valence-corrected chi connectivity index (χ4v) is 15.4. The summed E-state index contributed by atoms with van der Waals surface area (Å²) >= 11 is 0. The minimum Gasteiger partial charge on any atom is -0.354 e. The van der Waals surface area contributed by atoms with Crippen molar-refractivity contribution in [2.45, 2.75) is 353 Å². The molecule has 0 aliphatic carbocycles. The molecule has 0 unspecified atom stereocenters. The molecule has 0 atom stereocenters. The van der Waals surface area contributed by atoms with Crippen LogP contribution >= 0.6 is 0 Å². The van der Waals surface area contributed by atoms with Crippen LogP contribution in [0.5, 0.6) is 0 Å². The van der Waals surface area contributed by atoms with Crippen molar-refractivity contribution in [2.75, 3.05) is 47.8 Å². The van der Waals surface area contributed by atoms with E-state index in [-0.39, 0.29) is 50.4 Å². The summed E-state index contributed by atoms with van der Waals surface area (Å²) in [6.45, 7) is 44.9. The Labute approximate surface area is 471 Å². The lowest BCUT2D eigenvalue weighted by molar-refractivity contribution is 0.0431. The van der Waals surface area contributed by atoms with Gasteiger partial charge in [0.15, 0.2) is 7.98 Å². The van der Waals surface area contributed by atoms with Gasteiger partial charge >= 0.3 is 0 Å². The number of unbranched alkanes of at least 4 members (excludes halogenated alkanes) is 15. The molecule has 0 amide bonds. The molecular formula is C63H123BN12. The molecule has 1 aromatic heterocycles. The van der Waals surface area contributed by atoms with Crippen molar-refractivity contribution in [3.05, 3.63) is 0 Å². The highest BCUT2D eigenvalue weighted by Gasteiger charge is 2.46. The van der Waals surface area contributed by atoms with Crippen molar-refractivity contribution in [1.29, 1.82) is 0 Å². The Morgan fingerprint density at radius 1 is 0.421 bits per heavy atom. The van der Waals surface area contributed by atoms with E-state index in [1.807, 2.05) is 0 Å². The maximum atomic E-state index is 6.95. The van der Waals surface area contributed by atoms with Crippen LogP contribution in [0.2, 0.25) is 0 Å². The Morgan fingerprint density at radius 3 is 1.12 bits per heavy atom. The summed E-state index contributed by atoms with van der Waals surface area (Å²) in [4.78, 5) is 23.9. The second kappa shape index (κ2) is 28.3. The first-order valence-corrected chi connectivity index (χ1v) is 31.8. The SMILES string of the molecule is [B]N1C(C)(C)CC(N(CCCCCCCCNC2CC(C)(C)NC(C)(C)C2)c2nc(NCCCCCCCC)nc(N(CCCCCCCCNC3CC(C)(C)NC(C)(C)C3)C3CC(C)(C)NC(C)(C)C3)n2)CC1(C)C. The fourth-order valence-electron chi connectivity index (χ4n) is 15.4. The predicted molar refractivity (Wildman–Crippen MR) is 330 cm³/mol. The van der Waals surface area contributed by atoms with Crippen molar-refractivity contribution < 1.29 is 0 Å². The third-order valence-electron chi connectivity index (χ3n) is 17.7. The average molecular weight is 1060 g/mol. The zero-order chi connectivity index (χ0) is 56.1. The van der Waals surface area contributed by atoms with Crippen LogP contribution in [0.1, 0.15) is 285 Å². The van der Waals surface area contributed by atoms with Crippen LogP contribution < -0.4 is 41.7 Å². The van der Waals surface area contributed by atoms with Crippen LogP contribution in [-0.4, -0.2) is 129 Å². The first kappa shape index (κ1) is 65.0. The Morgan fingerprint density at radius 2 is 0.737 bits per heavy atom. The number of piperidine rings is 4. The van der Waals surface area contributed by atoms with Crippen molar-refractivity contribution in [2.24, 2.45) is 0 Å². The van der Waals surface area contributed by atoms with Gasteiger partial charge in [-0.3, -0.25) is 0 Å². The predicted octanol–water partition coefficient (Wildman–Crippen LogP) is 13.1. The molecule has 438 valence electrons. The van der Waals surface area contributed by atoms with E-state index in [2.05, 4.69) is 164 Å². The Balaban J connectivity index is 1.31. The van der Waals surface area contributed by atoms with E-state index in [4.69, 9.17) is 22.9 Å². The molecule has 76 heavy (non-hydrogen) atoms. The Bertz CT molecular complexity index is 1780. The van der Waals surface area contributed by atoms with Crippen LogP contribution in [0.25, 0.3) is 0 Å². The van der Waals surface area contributed by atoms with E-state index < -0.39 is 0 Å². The smallest absolute Gasteiger partial charge is 0.232 e. The molecule has 5 heterocycles. The molecule has 4 aliphatic rings. The number of hydrogen-bond donors (Lipinski definition) is 6. The number of nitrogens with zero attached hydrogens (tertiary/aromatic N) is 6. The van der Waals surface area contributed by atoms with Crippen molar-refractivity contribution >= 4 is 25.8 Å². The Hall–Kier alpha value is -1.77. The largest absolute Gasteiger partial charge is 0.354 e. The van der Waals surface area contributed by atoms with Gasteiger partial charge in [-0.2, -0.15) is 15.0 Å². The van der Waals surface area contributed by atoms with Crippen molar-refractivity contribution in [3.63, 3.8) is 0 Å². The molecule has 2 radical (unpaired) electrons. The maximum Gasteiger partial charge on any atom is 0.232 e. The molecule has 4 aliphatic heterocycles. The average Bonchev–Trinajstić information content (AvgIpc) is 3.25. The van der Waals surface area contributed by atoms with Gasteiger partial charge in [-0.1, -0.05) is 90.4 Å². The first-order valence-electron chi connectivity index (χ1n) is 31.8. The fraction of sp³-hybridized carbons (Fsp3) is 0.952. The summed E-state index contributed by atoms with van der Waals surface area (Å²) in [5, 5.41) is 23.3. The van der Waals surface area contributed by atoms with Crippen LogP contribution in [0, 0.1) is 0 Å². The van der Waals surface area contributed by atoms with E-state index >= 15 is 0 Å². The minimum absolute atomic E-state index is 0.00945. The van der Waals surface area contributed by atoms with Gasteiger partial charge in [0.2, 0.25) is 17.8 Å². The molecule has 0 saturated carbocycles. The summed E-state index contributed by atoms with van der Waals surface area (Å²) in [5.74, 6) is 2.44. The second-order valence-electron chi connectivity index (χ2n) is 30.5. The standard InChI is InChI=1S/C63H123BN12/c1-18-19-20-21-26-33-38-67-53-68-54(74(51-45-60(10,11)73-61(12,13)46-51)39-34-29-24-22-27-31-36-65-49-41-56(2,3)71-57(4,5)42-49)70-55(69-53)75(52-47-62(14,15)76(64)63(16,17)48-52)40-35-30-25-23-28-32-37-66-50-43-58(6,7)72-59(8,9)44-50/h49-52,65-66,71-73H,18-48H2,1-17H3,(H,67,68,69,70). The van der Waals surface area contributed by atoms with Gasteiger partial charge in [0.05, 0.1) is 0 Å². The van der Waals surface area contributed by atoms with Gasteiger partial charge in [-0.15, -0.1) is 0 Å². The zero-order valence-corrected chi connectivity index (χ0v) is 53.0. The number of hydrogen-bond acceptors (Lipinski definition) is 12. The number of rotatable bonds is 32. The minimum atomic E-state index is -0.177. The highest BCUT2D eigenvalue weighted by Crippen LogP contribution is 2.41. The van der Waals surface area contributed by atoms with Crippen molar-refractivity contribution in [1.82, 2.24) is 46.3 Å². The molecule has 13 heteroatoms. The van der Waals surface area contributed by atoms with Gasteiger partial charge in [-0.05, 0) is 207 Å². The first-order chi connectivity index (χ1) is 35.4. The van der Waals surface area contributed by atoms with Crippen molar-refractivity contribution in [3.8, 4) is 0 Å². The second-order valence-corrected chi connectivity index (χ2v) is 30.5. The molecule has 4 saturated heterocycles. The van der Waals surface area contributed by atoms with E-state index in [9.17, 15) is 0 Å². The molecule has 5 rings (SSSR count). The zero-order valence-electron chi connectivity index (χ0n) is 53.0. The number of nitrogens with one attached hydrogen (secondary N) is 6. The highest BCUT2D eigenvalue weighted by atomic mass is 15.4. The molecule has 4 fully saturated rings. The molecule has 12 nitrogen and oxygen atoms in total. The summed E-state index contributed by atoms with van der Waals surface area (Å²) < 4.78 is 0. The summed E-state index contributed by atoms with van der Waals surface area (Å²) in [6.07, 6.45) is 31.1. The third kappa shape index (κ3) is 21.9. The number of aromatic nitrogens is 3. The highest BCUT2D eigenvalue weighted by molar-refractivity contribution is 6.05. The van der Waals surface area contributed by atoms with Gasteiger partial charge in [-0.25, -0.2) is 0 Å². The summed E-state index contributed by atoms with van der Waals surface area (Å²) in [5.41, 5.74) is 0.339. The number of anilines is 3. The van der Waals surface area contributed by atoms with Crippen LogP contribution in [-0.2, 0) is 0 Å². The van der Waals surface area contributed by atoms with Gasteiger partial charge in [0, 0.05) is 88.1 Å². The van der Waals surface area contributed by atoms with Gasteiger partial charge in [0.25, 0.3) is 0 Å². The van der Waals surface area contributed by atoms with Crippen LogP contribution in [0.4, 0.5) is 17.8 Å². The molecule has 0 bridgehead atoms. The van der Waals surface area contributed by atoms with E-state index in [1.54, 1.807) is 0 Å². The quantitative estimate of drug-likeness (QED) is 0.0304. The molecular weight excluding hydrogens is 936 g/mol. The Kier molecular flexibility index (Phi) is 24.2. The monoisotopic (exact) mass is 1060 g/mol. The molecule has 0 aromatic carbocycles. The topological polar surface area (TPSA) is 121 Å².